The molecule has 27 heavy (non-hydrogen) atoms. The van der Waals surface area contributed by atoms with Crippen LogP contribution in [0, 0.1) is 11.8 Å². The molecule has 2 aliphatic rings. The molecule has 3 rings (SSSR count). The van der Waals surface area contributed by atoms with Crippen molar-refractivity contribution in [2.75, 3.05) is 45.9 Å². The van der Waals surface area contributed by atoms with Crippen LogP contribution in [0.1, 0.15) is 49.4 Å². The molecule has 0 spiro atoms. The smallest absolute Gasteiger partial charge is 0.257 e. The number of nitrogens with zero attached hydrogens (tertiary/aromatic N) is 2. The van der Waals surface area contributed by atoms with Crippen molar-refractivity contribution in [3.8, 4) is 5.75 Å². The highest BCUT2D eigenvalue weighted by Gasteiger charge is 2.36. The monoisotopic (exact) mass is 374 g/mol. The number of rotatable bonds is 7. The highest BCUT2D eigenvalue weighted by atomic mass is 16.5. The Morgan fingerprint density at radius 1 is 1.11 bits per heavy atom. The molecule has 5 heteroatoms. The average Bonchev–Trinajstić information content (AvgIpc) is 2.92. The Bertz CT molecular complexity index is 599. The van der Waals surface area contributed by atoms with E-state index >= 15 is 0 Å². The molecule has 150 valence electrons. The molecule has 1 aromatic rings. The summed E-state index contributed by atoms with van der Waals surface area (Å²) in [6.45, 7) is 7.47. The van der Waals surface area contributed by atoms with Crippen molar-refractivity contribution in [2.24, 2.45) is 11.8 Å². The third kappa shape index (κ3) is 5.23. The van der Waals surface area contributed by atoms with E-state index in [1.807, 2.05) is 29.2 Å². The van der Waals surface area contributed by atoms with E-state index < -0.39 is 0 Å². The van der Waals surface area contributed by atoms with E-state index in [0.717, 1.165) is 32.6 Å². The van der Waals surface area contributed by atoms with Gasteiger partial charge in [-0.1, -0.05) is 31.9 Å². The van der Waals surface area contributed by atoms with Crippen LogP contribution >= 0.6 is 0 Å². The van der Waals surface area contributed by atoms with Crippen molar-refractivity contribution in [1.82, 2.24) is 9.80 Å². The summed E-state index contributed by atoms with van der Waals surface area (Å²) in [6, 6.07) is 7.52. The Hall–Kier alpha value is -1.59. The first-order valence-corrected chi connectivity index (χ1v) is 10.6. The Morgan fingerprint density at radius 2 is 1.81 bits per heavy atom. The van der Waals surface area contributed by atoms with Gasteiger partial charge in [-0.25, -0.2) is 0 Å². The first kappa shape index (κ1) is 20.2. The molecule has 2 heterocycles. The molecule has 0 unspecified atom stereocenters. The number of carbonyl (C=O) groups is 1. The summed E-state index contributed by atoms with van der Waals surface area (Å²) in [5, 5.41) is 9.88. The second-order valence-electron chi connectivity index (χ2n) is 7.97. The van der Waals surface area contributed by atoms with Gasteiger partial charge in [0.15, 0.2) is 0 Å². The number of aliphatic hydroxyl groups excluding tert-OH is 1. The Morgan fingerprint density at radius 3 is 2.52 bits per heavy atom. The number of likely N-dealkylation sites (tertiary alicyclic amines) is 2. The maximum atomic E-state index is 13.1. The fourth-order valence-electron chi connectivity index (χ4n) is 4.32. The van der Waals surface area contributed by atoms with Gasteiger partial charge in [0.2, 0.25) is 0 Å². The van der Waals surface area contributed by atoms with Gasteiger partial charge in [0.1, 0.15) is 5.75 Å². The van der Waals surface area contributed by atoms with E-state index in [-0.39, 0.29) is 18.4 Å². The molecule has 1 amide bonds. The van der Waals surface area contributed by atoms with Crippen LogP contribution < -0.4 is 4.74 Å². The minimum Gasteiger partial charge on any atom is -0.493 e. The van der Waals surface area contributed by atoms with Crippen molar-refractivity contribution >= 4 is 5.91 Å². The fraction of sp³-hybridized carbons (Fsp3) is 0.682. The van der Waals surface area contributed by atoms with Gasteiger partial charge in [0.05, 0.1) is 12.2 Å². The lowest BCUT2D eigenvalue weighted by Crippen LogP contribution is -2.35. The lowest BCUT2D eigenvalue weighted by molar-refractivity contribution is 0.0774. The van der Waals surface area contributed by atoms with E-state index in [9.17, 15) is 9.90 Å². The Kier molecular flexibility index (Phi) is 7.53. The topological polar surface area (TPSA) is 53.0 Å². The second-order valence-corrected chi connectivity index (χ2v) is 7.97. The summed E-state index contributed by atoms with van der Waals surface area (Å²) in [5.74, 6) is 1.21. The number of hydrogen-bond donors (Lipinski definition) is 1. The van der Waals surface area contributed by atoms with Crippen LogP contribution in [-0.4, -0.2) is 66.8 Å². The quantitative estimate of drug-likeness (QED) is 0.797. The van der Waals surface area contributed by atoms with E-state index in [2.05, 4.69) is 11.8 Å². The fourth-order valence-corrected chi connectivity index (χ4v) is 4.32. The maximum absolute atomic E-state index is 13.1. The van der Waals surface area contributed by atoms with Crippen molar-refractivity contribution < 1.29 is 14.6 Å². The van der Waals surface area contributed by atoms with Crippen LogP contribution in [-0.2, 0) is 0 Å². The predicted molar refractivity (Wildman–Crippen MR) is 107 cm³/mol. The Labute approximate surface area is 163 Å². The minimum atomic E-state index is 0.0264. The minimum absolute atomic E-state index is 0.0264. The summed E-state index contributed by atoms with van der Waals surface area (Å²) in [5.41, 5.74) is 0.637. The summed E-state index contributed by atoms with van der Waals surface area (Å²) in [4.78, 5) is 17.6. The molecule has 0 aromatic heterocycles. The van der Waals surface area contributed by atoms with Gasteiger partial charge in [-0.2, -0.15) is 0 Å². The van der Waals surface area contributed by atoms with E-state index in [1.54, 1.807) is 0 Å². The van der Waals surface area contributed by atoms with Crippen LogP contribution in [0.3, 0.4) is 0 Å². The standard InChI is InChI=1S/C22H34N2O3/c1-2-13-27-21-10-6-5-9-20(21)22(26)24-15-18(19(16-24)17-25)14-23-11-7-3-4-8-12-23/h5-6,9-10,18-19,25H,2-4,7-8,11-17H2,1H3/t18-,19-/m1/s1. The van der Waals surface area contributed by atoms with Crippen LogP contribution in [0.25, 0.3) is 0 Å². The number of para-hydroxylation sites is 1. The van der Waals surface area contributed by atoms with Gasteiger partial charge in [-0.15, -0.1) is 0 Å². The first-order valence-electron chi connectivity index (χ1n) is 10.6. The number of ether oxygens (including phenoxy) is 1. The van der Waals surface area contributed by atoms with E-state index in [1.165, 1.54) is 25.7 Å². The molecule has 2 saturated heterocycles. The zero-order chi connectivity index (χ0) is 19.1. The summed E-state index contributed by atoms with van der Waals surface area (Å²) in [7, 11) is 0. The van der Waals surface area contributed by atoms with Gasteiger partial charge in [0, 0.05) is 32.2 Å². The van der Waals surface area contributed by atoms with Gasteiger partial charge in [-0.05, 0) is 50.4 Å². The lowest BCUT2D eigenvalue weighted by Gasteiger charge is -2.26. The molecule has 1 N–H and O–H groups in total. The number of hydrogen-bond acceptors (Lipinski definition) is 4. The Balaban J connectivity index is 1.66. The molecule has 2 aliphatic heterocycles. The van der Waals surface area contributed by atoms with Crippen LogP contribution in [0.15, 0.2) is 24.3 Å². The van der Waals surface area contributed by atoms with Crippen molar-refractivity contribution in [3.63, 3.8) is 0 Å². The normalized spacial score (nSPS) is 24.0. The molecular formula is C22H34N2O3. The summed E-state index contributed by atoms with van der Waals surface area (Å²) >= 11 is 0. The van der Waals surface area contributed by atoms with Gasteiger partial charge in [0.25, 0.3) is 5.91 Å². The summed E-state index contributed by atoms with van der Waals surface area (Å²) < 4.78 is 5.78. The second kappa shape index (κ2) is 10.1. The van der Waals surface area contributed by atoms with Gasteiger partial charge in [-0.3, -0.25) is 4.79 Å². The molecule has 2 fully saturated rings. The predicted octanol–water partition coefficient (Wildman–Crippen LogP) is 3.03. The largest absolute Gasteiger partial charge is 0.493 e. The zero-order valence-corrected chi connectivity index (χ0v) is 16.6. The third-order valence-corrected chi connectivity index (χ3v) is 5.87. The van der Waals surface area contributed by atoms with Gasteiger partial charge < -0.3 is 19.6 Å². The van der Waals surface area contributed by atoms with Crippen LogP contribution in [0.5, 0.6) is 5.75 Å². The molecule has 0 aliphatic carbocycles. The van der Waals surface area contributed by atoms with Crippen molar-refractivity contribution in [1.29, 1.82) is 0 Å². The number of carbonyl (C=O) groups excluding carboxylic acids is 1. The molecule has 0 saturated carbocycles. The van der Waals surface area contributed by atoms with Crippen molar-refractivity contribution in [3.05, 3.63) is 29.8 Å². The third-order valence-electron chi connectivity index (χ3n) is 5.87. The molecule has 1 aromatic carbocycles. The summed E-state index contributed by atoms with van der Waals surface area (Å²) in [6.07, 6.45) is 6.09. The highest BCUT2D eigenvalue weighted by molar-refractivity contribution is 5.97. The number of aliphatic hydroxyl groups is 1. The SMILES string of the molecule is CCCOc1ccccc1C(=O)N1C[C@@H](CN2CCCCCC2)[C@@H](CO)C1. The maximum Gasteiger partial charge on any atom is 0.257 e. The molecule has 5 nitrogen and oxygen atoms in total. The molecular weight excluding hydrogens is 340 g/mol. The van der Waals surface area contributed by atoms with Crippen LogP contribution in [0.4, 0.5) is 0 Å². The van der Waals surface area contributed by atoms with E-state index in [4.69, 9.17) is 4.74 Å². The highest BCUT2D eigenvalue weighted by Crippen LogP contribution is 2.28. The molecule has 0 bridgehead atoms. The zero-order valence-electron chi connectivity index (χ0n) is 16.6. The number of amides is 1. The van der Waals surface area contributed by atoms with E-state index in [0.29, 0.717) is 30.4 Å². The van der Waals surface area contributed by atoms with Crippen molar-refractivity contribution in [2.45, 2.75) is 39.0 Å². The number of benzene rings is 1. The molecule has 0 radical (unpaired) electrons. The van der Waals surface area contributed by atoms with Gasteiger partial charge >= 0.3 is 0 Å². The molecule has 2 atom stereocenters. The first-order chi connectivity index (χ1) is 13.2. The average molecular weight is 375 g/mol. The lowest BCUT2D eigenvalue weighted by atomic mass is 9.96. The van der Waals surface area contributed by atoms with Crippen LogP contribution in [0.2, 0.25) is 0 Å².